The standard InChI is InChI=1S/C13H15N3O3/c1-19-11-4-2-9(3-5-11)15-7-6-10-8-12(17)14-16(10)13(15)18/h2-5,10H,6-8H2,1H3,(H,14,17). The minimum atomic E-state index is -0.174. The maximum absolute atomic E-state index is 12.3. The Hall–Kier alpha value is -2.24. The van der Waals surface area contributed by atoms with Crippen LogP contribution in [0.3, 0.4) is 0 Å². The third-order valence-corrected chi connectivity index (χ3v) is 3.54. The number of hydrogen-bond acceptors (Lipinski definition) is 3. The molecule has 1 atom stereocenters. The molecule has 2 fully saturated rings. The average Bonchev–Trinajstić information content (AvgIpc) is 2.81. The molecular weight excluding hydrogens is 246 g/mol. The number of urea groups is 1. The molecule has 1 aromatic carbocycles. The summed E-state index contributed by atoms with van der Waals surface area (Å²) in [5, 5.41) is 1.44. The Bertz CT molecular complexity index is 514. The Morgan fingerprint density at radius 3 is 2.68 bits per heavy atom. The first-order chi connectivity index (χ1) is 9.19. The van der Waals surface area contributed by atoms with Gasteiger partial charge >= 0.3 is 6.03 Å². The number of nitrogens with zero attached hydrogens (tertiary/aromatic N) is 2. The highest BCUT2D eigenvalue weighted by Gasteiger charge is 2.40. The molecule has 6 heteroatoms. The van der Waals surface area contributed by atoms with Crippen LogP contribution in [0.5, 0.6) is 5.75 Å². The highest BCUT2D eigenvalue weighted by molar-refractivity contribution is 5.96. The Morgan fingerprint density at radius 2 is 2.00 bits per heavy atom. The quantitative estimate of drug-likeness (QED) is 0.868. The molecule has 0 radical (unpaired) electrons. The van der Waals surface area contributed by atoms with Gasteiger partial charge in [0.1, 0.15) is 5.75 Å². The molecule has 100 valence electrons. The highest BCUT2D eigenvalue weighted by Crippen LogP contribution is 2.27. The van der Waals surface area contributed by atoms with Crippen molar-refractivity contribution in [3.8, 4) is 5.75 Å². The summed E-state index contributed by atoms with van der Waals surface area (Å²) >= 11 is 0. The molecule has 2 heterocycles. The van der Waals surface area contributed by atoms with Crippen LogP contribution in [0.2, 0.25) is 0 Å². The van der Waals surface area contributed by atoms with E-state index in [9.17, 15) is 9.59 Å². The van der Waals surface area contributed by atoms with Gasteiger partial charge in [-0.25, -0.2) is 9.80 Å². The van der Waals surface area contributed by atoms with E-state index in [4.69, 9.17) is 4.74 Å². The van der Waals surface area contributed by atoms with Crippen molar-refractivity contribution in [1.29, 1.82) is 0 Å². The molecule has 0 spiro atoms. The zero-order valence-corrected chi connectivity index (χ0v) is 10.6. The van der Waals surface area contributed by atoms with Crippen LogP contribution in [0.25, 0.3) is 0 Å². The molecule has 2 aliphatic heterocycles. The van der Waals surface area contributed by atoms with Crippen molar-refractivity contribution in [2.75, 3.05) is 18.6 Å². The fraction of sp³-hybridized carbons (Fsp3) is 0.385. The van der Waals surface area contributed by atoms with Crippen molar-refractivity contribution in [3.63, 3.8) is 0 Å². The Balaban J connectivity index is 1.81. The van der Waals surface area contributed by atoms with E-state index in [0.29, 0.717) is 13.0 Å². The van der Waals surface area contributed by atoms with Crippen molar-refractivity contribution in [3.05, 3.63) is 24.3 Å². The first kappa shape index (κ1) is 11.8. The molecule has 2 aliphatic rings. The molecule has 19 heavy (non-hydrogen) atoms. The molecule has 1 aromatic rings. The third kappa shape index (κ3) is 1.99. The number of hydrogen-bond donors (Lipinski definition) is 1. The van der Waals surface area contributed by atoms with E-state index in [1.165, 1.54) is 5.01 Å². The summed E-state index contributed by atoms with van der Waals surface area (Å²) in [7, 11) is 1.60. The number of ether oxygens (including phenoxy) is 1. The van der Waals surface area contributed by atoms with Gasteiger partial charge in [0.05, 0.1) is 19.6 Å². The third-order valence-electron chi connectivity index (χ3n) is 3.54. The molecule has 1 unspecified atom stereocenters. The van der Waals surface area contributed by atoms with Gasteiger partial charge in [0.15, 0.2) is 0 Å². The lowest BCUT2D eigenvalue weighted by atomic mass is 10.1. The van der Waals surface area contributed by atoms with Gasteiger partial charge in [-0.05, 0) is 30.7 Å². The van der Waals surface area contributed by atoms with Crippen molar-refractivity contribution in [1.82, 2.24) is 10.4 Å². The molecule has 0 aromatic heterocycles. The molecule has 2 saturated heterocycles. The van der Waals surface area contributed by atoms with Crippen LogP contribution in [0.15, 0.2) is 24.3 Å². The number of hydrazine groups is 1. The van der Waals surface area contributed by atoms with Crippen LogP contribution in [0, 0.1) is 0 Å². The maximum Gasteiger partial charge on any atom is 0.343 e. The second-order valence-electron chi connectivity index (χ2n) is 4.68. The second-order valence-corrected chi connectivity index (χ2v) is 4.68. The normalized spacial score (nSPS) is 22.3. The predicted octanol–water partition coefficient (Wildman–Crippen LogP) is 1.13. The van der Waals surface area contributed by atoms with Gasteiger partial charge in [-0.15, -0.1) is 0 Å². The largest absolute Gasteiger partial charge is 0.497 e. The van der Waals surface area contributed by atoms with Crippen molar-refractivity contribution in [2.24, 2.45) is 0 Å². The molecule has 0 bridgehead atoms. The van der Waals surface area contributed by atoms with Gasteiger partial charge in [0, 0.05) is 12.2 Å². The van der Waals surface area contributed by atoms with E-state index in [2.05, 4.69) is 5.43 Å². The summed E-state index contributed by atoms with van der Waals surface area (Å²) in [5.41, 5.74) is 3.42. The molecule has 1 N–H and O–H groups in total. The van der Waals surface area contributed by atoms with E-state index in [1.54, 1.807) is 12.0 Å². The van der Waals surface area contributed by atoms with Crippen LogP contribution in [0.1, 0.15) is 12.8 Å². The topological polar surface area (TPSA) is 61.9 Å². The Morgan fingerprint density at radius 1 is 1.26 bits per heavy atom. The predicted molar refractivity (Wildman–Crippen MR) is 68.7 cm³/mol. The summed E-state index contributed by atoms with van der Waals surface area (Å²) < 4.78 is 5.10. The monoisotopic (exact) mass is 261 g/mol. The molecule has 3 rings (SSSR count). The molecular formula is C13H15N3O3. The van der Waals surface area contributed by atoms with Gasteiger partial charge in [-0.2, -0.15) is 0 Å². The first-order valence-electron chi connectivity index (χ1n) is 6.23. The van der Waals surface area contributed by atoms with E-state index in [-0.39, 0.29) is 18.0 Å². The van der Waals surface area contributed by atoms with Crippen LogP contribution in [-0.2, 0) is 4.79 Å². The SMILES string of the molecule is COc1ccc(N2CCC3CC(=O)NN3C2=O)cc1. The minimum Gasteiger partial charge on any atom is -0.497 e. The van der Waals surface area contributed by atoms with Gasteiger partial charge in [0.2, 0.25) is 5.91 Å². The number of anilines is 1. The number of amides is 3. The average molecular weight is 261 g/mol. The lowest BCUT2D eigenvalue weighted by Crippen LogP contribution is -2.55. The molecule has 6 nitrogen and oxygen atoms in total. The molecule has 0 aliphatic carbocycles. The van der Waals surface area contributed by atoms with Crippen LogP contribution >= 0.6 is 0 Å². The van der Waals surface area contributed by atoms with E-state index in [1.807, 2.05) is 24.3 Å². The molecule has 3 amide bonds. The highest BCUT2D eigenvalue weighted by atomic mass is 16.5. The van der Waals surface area contributed by atoms with Crippen LogP contribution in [-0.4, -0.2) is 36.6 Å². The summed E-state index contributed by atoms with van der Waals surface area (Å²) in [6, 6.07) is 7.14. The zero-order chi connectivity index (χ0) is 13.4. The van der Waals surface area contributed by atoms with Gasteiger partial charge < -0.3 is 4.74 Å². The van der Waals surface area contributed by atoms with Gasteiger partial charge in [-0.1, -0.05) is 0 Å². The summed E-state index contributed by atoms with van der Waals surface area (Å²) in [4.78, 5) is 25.3. The lowest BCUT2D eigenvalue weighted by molar-refractivity contribution is -0.120. The second kappa shape index (κ2) is 4.46. The number of carbonyl (C=O) groups is 2. The van der Waals surface area contributed by atoms with Crippen molar-refractivity contribution < 1.29 is 14.3 Å². The minimum absolute atomic E-state index is 0.00509. The van der Waals surface area contributed by atoms with Gasteiger partial charge in [0.25, 0.3) is 0 Å². The molecule has 0 saturated carbocycles. The summed E-state index contributed by atoms with van der Waals surface area (Å²) in [6.07, 6.45) is 1.19. The number of methoxy groups -OCH3 is 1. The lowest BCUT2D eigenvalue weighted by Gasteiger charge is -2.36. The van der Waals surface area contributed by atoms with Crippen LogP contribution in [0.4, 0.5) is 10.5 Å². The van der Waals surface area contributed by atoms with E-state index in [0.717, 1.165) is 17.9 Å². The van der Waals surface area contributed by atoms with Crippen molar-refractivity contribution >= 4 is 17.6 Å². The number of rotatable bonds is 2. The number of carbonyl (C=O) groups excluding carboxylic acids is 2. The zero-order valence-electron chi connectivity index (χ0n) is 10.6. The van der Waals surface area contributed by atoms with Crippen LogP contribution < -0.4 is 15.1 Å². The van der Waals surface area contributed by atoms with Crippen molar-refractivity contribution in [2.45, 2.75) is 18.9 Å². The van der Waals surface area contributed by atoms with E-state index < -0.39 is 0 Å². The number of nitrogens with one attached hydrogen (secondary N) is 1. The Kier molecular flexibility index (Phi) is 2.77. The first-order valence-corrected chi connectivity index (χ1v) is 6.23. The summed E-state index contributed by atoms with van der Waals surface area (Å²) in [6.45, 7) is 0.626. The fourth-order valence-corrected chi connectivity index (χ4v) is 2.52. The summed E-state index contributed by atoms with van der Waals surface area (Å²) in [5.74, 6) is 0.662. The number of benzene rings is 1. The smallest absolute Gasteiger partial charge is 0.343 e. The fourth-order valence-electron chi connectivity index (χ4n) is 2.52. The maximum atomic E-state index is 12.3. The van der Waals surface area contributed by atoms with Gasteiger partial charge in [-0.3, -0.25) is 15.1 Å². The Labute approximate surface area is 110 Å². The van der Waals surface area contributed by atoms with E-state index >= 15 is 0 Å². The number of fused-ring (bicyclic) bond motifs is 1.